The second-order valence-corrected chi connectivity index (χ2v) is 6.04. The fraction of sp³-hybridized carbons (Fsp3) is 0.438. The lowest BCUT2D eigenvalue weighted by molar-refractivity contribution is -0.136. The van der Waals surface area contributed by atoms with Gasteiger partial charge in [0.05, 0.1) is 11.1 Å². The van der Waals surface area contributed by atoms with Crippen molar-refractivity contribution < 1.29 is 13.2 Å². The third-order valence-electron chi connectivity index (χ3n) is 4.08. The number of hydrogen-bond donors (Lipinski definition) is 1. The van der Waals surface area contributed by atoms with E-state index in [1.165, 1.54) is 12.3 Å². The van der Waals surface area contributed by atoms with E-state index in [4.69, 9.17) is 5.73 Å². The summed E-state index contributed by atoms with van der Waals surface area (Å²) >= 11 is 0. The molecule has 0 saturated carbocycles. The lowest BCUT2D eigenvalue weighted by atomic mass is 9.95. The molecule has 1 aromatic carbocycles. The number of hydrogen-bond acceptors (Lipinski definition) is 3. The van der Waals surface area contributed by atoms with Crippen molar-refractivity contribution in [2.45, 2.75) is 25.6 Å². The molecule has 22 heavy (non-hydrogen) atoms. The van der Waals surface area contributed by atoms with Gasteiger partial charge in [0.25, 0.3) is 0 Å². The summed E-state index contributed by atoms with van der Waals surface area (Å²) in [5.74, 6) is 0.415. The molecule has 3 nitrogen and oxygen atoms in total. The first-order valence-corrected chi connectivity index (χ1v) is 7.31. The molecule has 118 valence electrons. The number of alkyl halides is 3. The van der Waals surface area contributed by atoms with Crippen molar-refractivity contribution >= 4 is 16.6 Å². The molecule has 0 amide bonds. The maximum atomic E-state index is 13.1. The number of fused-ring (bicyclic) bond motifs is 1. The minimum absolute atomic E-state index is 0.000650. The quantitative estimate of drug-likeness (QED) is 0.877. The maximum Gasteiger partial charge on any atom is 0.418 e. The van der Waals surface area contributed by atoms with Crippen LogP contribution >= 0.6 is 0 Å². The van der Waals surface area contributed by atoms with E-state index in [0.717, 1.165) is 24.7 Å². The van der Waals surface area contributed by atoms with Crippen LogP contribution in [-0.2, 0) is 6.18 Å². The zero-order valence-electron chi connectivity index (χ0n) is 12.3. The van der Waals surface area contributed by atoms with E-state index >= 15 is 0 Å². The summed E-state index contributed by atoms with van der Waals surface area (Å²) in [4.78, 5) is 6.04. The zero-order chi connectivity index (χ0) is 15.9. The second-order valence-electron chi connectivity index (χ2n) is 6.04. The molecule has 2 heterocycles. The highest BCUT2D eigenvalue weighted by Crippen LogP contribution is 2.38. The van der Waals surface area contributed by atoms with E-state index in [0.29, 0.717) is 17.8 Å². The van der Waals surface area contributed by atoms with E-state index in [2.05, 4.69) is 16.8 Å². The first kappa shape index (κ1) is 15.1. The number of piperidine rings is 1. The van der Waals surface area contributed by atoms with Crippen LogP contribution in [0.15, 0.2) is 30.5 Å². The molecular weight excluding hydrogens is 291 g/mol. The summed E-state index contributed by atoms with van der Waals surface area (Å²) < 4.78 is 39.4. The number of aromatic nitrogens is 1. The molecule has 6 heteroatoms. The fourth-order valence-electron chi connectivity index (χ4n) is 3.26. The van der Waals surface area contributed by atoms with Crippen LogP contribution in [0, 0.1) is 5.92 Å². The lowest BCUT2D eigenvalue weighted by Crippen LogP contribution is -2.46. The number of halogens is 3. The minimum Gasteiger partial charge on any atom is -0.369 e. The Labute approximate surface area is 126 Å². The van der Waals surface area contributed by atoms with Crippen LogP contribution in [0.25, 0.3) is 10.9 Å². The van der Waals surface area contributed by atoms with Crippen LogP contribution in [-0.4, -0.2) is 24.1 Å². The first-order valence-electron chi connectivity index (χ1n) is 7.31. The van der Waals surface area contributed by atoms with Crippen LogP contribution in [0.2, 0.25) is 0 Å². The lowest BCUT2D eigenvalue weighted by Gasteiger charge is -2.37. The van der Waals surface area contributed by atoms with Crippen molar-refractivity contribution in [1.29, 1.82) is 0 Å². The Bertz CT molecular complexity index is 674. The fourth-order valence-corrected chi connectivity index (χ4v) is 3.26. The molecule has 2 unspecified atom stereocenters. The van der Waals surface area contributed by atoms with Crippen molar-refractivity contribution in [1.82, 2.24) is 4.98 Å². The largest absolute Gasteiger partial charge is 0.418 e. The van der Waals surface area contributed by atoms with Gasteiger partial charge in [0.1, 0.15) is 0 Å². The summed E-state index contributed by atoms with van der Waals surface area (Å²) in [6, 6.07) is 6.06. The number of nitrogens with zero attached hydrogens (tertiary/aromatic N) is 2. The highest BCUT2D eigenvalue weighted by atomic mass is 19.4. The van der Waals surface area contributed by atoms with Crippen LogP contribution in [0.3, 0.4) is 0 Å². The molecular formula is C16H18F3N3. The summed E-state index contributed by atoms with van der Waals surface area (Å²) in [6.07, 6.45) is -2.07. The molecule has 0 spiro atoms. The van der Waals surface area contributed by atoms with Crippen molar-refractivity contribution in [2.24, 2.45) is 11.7 Å². The summed E-state index contributed by atoms with van der Waals surface area (Å²) in [6.45, 7) is 3.55. The van der Waals surface area contributed by atoms with Crippen molar-refractivity contribution in [3.8, 4) is 0 Å². The Balaban J connectivity index is 2.12. The Kier molecular flexibility index (Phi) is 3.72. The zero-order valence-corrected chi connectivity index (χ0v) is 12.3. The molecule has 1 aliphatic heterocycles. The van der Waals surface area contributed by atoms with Crippen LogP contribution in [0.5, 0.6) is 0 Å². The molecule has 2 N–H and O–H groups in total. The number of nitrogens with two attached hydrogens (primary N) is 1. The summed E-state index contributed by atoms with van der Waals surface area (Å²) in [5, 5.41) is 0.527. The molecule has 1 aliphatic rings. The van der Waals surface area contributed by atoms with Gasteiger partial charge >= 0.3 is 6.18 Å². The predicted molar refractivity (Wildman–Crippen MR) is 80.7 cm³/mol. The van der Waals surface area contributed by atoms with Gasteiger partial charge in [-0.2, -0.15) is 13.2 Å². The van der Waals surface area contributed by atoms with Gasteiger partial charge in [-0.3, -0.25) is 4.98 Å². The highest BCUT2D eigenvalue weighted by Gasteiger charge is 2.34. The molecule has 1 saturated heterocycles. The minimum atomic E-state index is -4.41. The monoisotopic (exact) mass is 309 g/mol. The van der Waals surface area contributed by atoms with Gasteiger partial charge in [0.15, 0.2) is 0 Å². The molecule has 2 atom stereocenters. The number of pyridine rings is 1. The Morgan fingerprint density at radius 2 is 2.00 bits per heavy atom. The van der Waals surface area contributed by atoms with E-state index in [-0.39, 0.29) is 11.6 Å². The smallest absolute Gasteiger partial charge is 0.369 e. The highest BCUT2D eigenvalue weighted by molar-refractivity contribution is 5.94. The third kappa shape index (κ3) is 2.75. The SMILES string of the molecule is CC1CC(N)CN(c2ccc(C(F)(F)F)c3ncccc23)C1. The molecule has 1 fully saturated rings. The first-order chi connectivity index (χ1) is 10.4. The van der Waals surface area contributed by atoms with Gasteiger partial charge < -0.3 is 10.6 Å². The Hall–Kier alpha value is -1.82. The van der Waals surface area contributed by atoms with Crippen molar-refractivity contribution in [3.05, 3.63) is 36.0 Å². The van der Waals surface area contributed by atoms with E-state index < -0.39 is 11.7 Å². The van der Waals surface area contributed by atoms with Crippen molar-refractivity contribution in [3.63, 3.8) is 0 Å². The van der Waals surface area contributed by atoms with E-state index in [9.17, 15) is 13.2 Å². The molecule has 0 aliphatic carbocycles. The van der Waals surface area contributed by atoms with Gasteiger partial charge in [0, 0.05) is 36.4 Å². The summed E-state index contributed by atoms with van der Waals surface area (Å²) in [5.41, 5.74) is 6.14. The average molecular weight is 309 g/mol. The summed E-state index contributed by atoms with van der Waals surface area (Å²) in [7, 11) is 0. The Morgan fingerprint density at radius 3 is 2.68 bits per heavy atom. The second kappa shape index (κ2) is 5.43. The van der Waals surface area contributed by atoms with Crippen LogP contribution in [0.1, 0.15) is 18.9 Å². The van der Waals surface area contributed by atoms with Crippen molar-refractivity contribution in [2.75, 3.05) is 18.0 Å². The number of benzene rings is 1. The number of anilines is 1. The Morgan fingerprint density at radius 1 is 1.23 bits per heavy atom. The van der Waals surface area contributed by atoms with Crippen LogP contribution in [0.4, 0.5) is 18.9 Å². The molecule has 0 bridgehead atoms. The average Bonchev–Trinajstić information content (AvgIpc) is 2.44. The van der Waals surface area contributed by atoms with E-state index in [1.807, 2.05) is 0 Å². The molecule has 0 radical (unpaired) electrons. The predicted octanol–water partition coefficient (Wildman–Crippen LogP) is 3.43. The molecule has 3 rings (SSSR count). The standard InChI is InChI=1S/C16H18F3N3/c1-10-7-11(20)9-22(8-10)14-5-4-13(16(17,18)19)15-12(14)3-2-6-21-15/h2-6,10-11H,7-9,20H2,1H3. The van der Waals surface area contributed by atoms with Crippen LogP contribution < -0.4 is 10.6 Å². The van der Waals surface area contributed by atoms with Gasteiger partial charge in [-0.15, -0.1) is 0 Å². The third-order valence-corrected chi connectivity index (χ3v) is 4.08. The van der Waals surface area contributed by atoms with Gasteiger partial charge in [0.2, 0.25) is 0 Å². The topological polar surface area (TPSA) is 42.1 Å². The molecule has 2 aromatic rings. The molecule has 1 aromatic heterocycles. The van der Waals surface area contributed by atoms with Gasteiger partial charge in [-0.25, -0.2) is 0 Å². The van der Waals surface area contributed by atoms with E-state index in [1.54, 1.807) is 12.1 Å². The number of rotatable bonds is 1. The van der Waals surface area contributed by atoms with Gasteiger partial charge in [-0.1, -0.05) is 6.92 Å². The van der Waals surface area contributed by atoms with Gasteiger partial charge in [-0.05, 0) is 36.6 Å². The maximum absolute atomic E-state index is 13.1. The normalized spacial score (nSPS) is 23.0.